The van der Waals surface area contributed by atoms with E-state index in [0.29, 0.717) is 11.6 Å². The molecule has 4 N–H and O–H groups in total. The molecule has 0 aliphatic rings. The average Bonchev–Trinajstić information content (AvgIpc) is 2.27. The van der Waals surface area contributed by atoms with Crippen LogP contribution in [-0.4, -0.2) is 43.6 Å². The first-order valence-corrected chi connectivity index (χ1v) is 4.81. The Bertz CT molecular complexity index is 380. The van der Waals surface area contributed by atoms with Crippen LogP contribution in [0.4, 0.5) is 17.6 Å². The molecule has 0 aromatic carbocycles. The van der Waals surface area contributed by atoms with E-state index in [1.165, 1.54) is 0 Å². The molecule has 0 bridgehead atoms. The van der Waals surface area contributed by atoms with E-state index >= 15 is 0 Å². The predicted octanol–water partition coefficient (Wildman–Crippen LogP) is -0.717. The molecule has 1 aromatic rings. The SMILES string of the molecule is CNC(=O)CN(C)c1cc(NC)nc(N)n1. The Balaban J connectivity index is 2.86. The summed E-state index contributed by atoms with van der Waals surface area (Å²) in [6.45, 7) is 0.218. The van der Waals surface area contributed by atoms with Gasteiger partial charge in [0.25, 0.3) is 0 Å². The molecule has 7 nitrogen and oxygen atoms in total. The molecule has 0 atom stereocenters. The number of anilines is 3. The number of likely N-dealkylation sites (N-methyl/N-ethyl adjacent to an activating group) is 2. The highest BCUT2D eigenvalue weighted by Gasteiger charge is 2.09. The predicted molar refractivity (Wildman–Crippen MR) is 63.3 cm³/mol. The molecular weight excluding hydrogens is 208 g/mol. The van der Waals surface area contributed by atoms with Crippen molar-refractivity contribution in [3.8, 4) is 0 Å². The van der Waals surface area contributed by atoms with Crippen molar-refractivity contribution in [2.75, 3.05) is 43.6 Å². The molecule has 0 saturated carbocycles. The van der Waals surface area contributed by atoms with Gasteiger partial charge in [-0.15, -0.1) is 0 Å². The number of nitrogen functional groups attached to an aromatic ring is 1. The van der Waals surface area contributed by atoms with Gasteiger partial charge in [0.2, 0.25) is 11.9 Å². The standard InChI is InChI=1S/C9H16N6O/c1-11-6-4-7(14-9(10)13-6)15(3)5-8(16)12-2/h4H,5H2,1-3H3,(H,12,16)(H3,10,11,13,14). The van der Waals surface area contributed by atoms with Crippen molar-refractivity contribution in [2.24, 2.45) is 0 Å². The van der Waals surface area contributed by atoms with Crippen LogP contribution in [-0.2, 0) is 4.79 Å². The van der Waals surface area contributed by atoms with Gasteiger partial charge in [-0.1, -0.05) is 0 Å². The van der Waals surface area contributed by atoms with Crippen molar-refractivity contribution in [3.63, 3.8) is 0 Å². The lowest BCUT2D eigenvalue weighted by Gasteiger charge is -2.17. The summed E-state index contributed by atoms with van der Waals surface area (Å²) in [5, 5.41) is 5.41. The molecule has 1 amide bonds. The monoisotopic (exact) mass is 224 g/mol. The molecule has 0 aliphatic carbocycles. The Hall–Kier alpha value is -2.05. The highest BCUT2D eigenvalue weighted by Crippen LogP contribution is 2.14. The Labute approximate surface area is 94.1 Å². The Morgan fingerprint density at radius 2 is 2.19 bits per heavy atom. The van der Waals surface area contributed by atoms with Gasteiger partial charge in [-0.3, -0.25) is 4.79 Å². The van der Waals surface area contributed by atoms with Crippen LogP contribution < -0.4 is 21.3 Å². The Morgan fingerprint density at radius 3 is 2.75 bits per heavy atom. The zero-order valence-corrected chi connectivity index (χ0v) is 9.61. The third-order valence-electron chi connectivity index (χ3n) is 2.04. The van der Waals surface area contributed by atoms with Gasteiger partial charge < -0.3 is 21.3 Å². The number of hydrogen-bond donors (Lipinski definition) is 3. The molecule has 16 heavy (non-hydrogen) atoms. The fourth-order valence-corrected chi connectivity index (χ4v) is 1.15. The number of carbonyl (C=O) groups is 1. The van der Waals surface area contributed by atoms with E-state index in [4.69, 9.17) is 5.73 Å². The quantitative estimate of drug-likeness (QED) is 0.625. The van der Waals surface area contributed by atoms with Crippen LogP contribution in [0.1, 0.15) is 0 Å². The normalized spacial score (nSPS) is 9.69. The smallest absolute Gasteiger partial charge is 0.239 e. The molecule has 1 aromatic heterocycles. The average molecular weight is 224 g/mol. The highest BCUT2D eigenvalue weighted by molar-refractivity contribution is 5.80. The molecular formula is C9H16N6O. The molecule has 1 heterocycles. The molecule has 0 unspecified atom stereocenters. The summed E-state index contributed by atoms with van der Waals surface area (Å²) in [6.07, 6.45) is 0. The van der Waals surface area contributed by atoms with Crippen LogP contribution in [0, 0.1) is 0 Å². The fourth-order valence-electron chi connectivity index (χ4n) is 1.15. The van der Waals surface area contributed by atoms with E-state index in [1.54, 1.807) is 32.1 Å². The minimum atomic E-state index is -0.0920. The lowest BCUT2D eigenvalue weighted by molar-refractivity contribution is -0.119. The molecule has 0 fully saturated rings. The van der Waals surface area contributed by atoms with Crippen LogP contribution >= 0.6 is 0 Å². The van der Waals surface area contributed by atoms with Crippen LogP contribution in [0.25, 0.3) is 0 Å². The number of nitrogens with zero attached hydrogens (tertiary/aromatic N) is 3. The molecule has 0 radical (unpaired) electrons. The van der Waals surface area contributed by atoms with Crippen molar-refractivity contribution < 1.29 is 4.79 Å². The van der Waals surface area contributed by atoms with Crippen LogP contribution in [0.5, 0.6) is 0 Å². The van der Waals surface area contributed by atoms with Gasteiger partial charge in [-0.25, -0.2) is 0 Å². The first kappa shape index (κ1) is 12.0. The molecule has 1 rings (SSSR count). The summed E-state index contributed by atoms with van der Waals surface area (Å²) in [6, 6.07) is 1.72. The van der Waals surface area contributed by atoms with E-state index < -0.39 is 0 Å². The maximum absolute atomic E-state index is 11.2. The second-order valence-electron chi connectivity index (χ2n) is 3.25. The van der Waals surface area contributed by atoms with Gasteiger partial charge in [-0.05, 0) is 0 Å². The van der Waals surface area contributed by atoms with Gasteiger partial charge in [-0.2, -0.15) is 9.97 Å². The van der Waals surface area contributed by atoms with E-state index in [0.717, 1.165) is 0 Å². The molecule has 7 heteroatoms. The van der Waals surface area contributed by atoms with Crippen molar-refractivity contribution in [3.05, 3.63) is 6.07 Å². The van der Waals surface area contributed by atoms with Crippen LogP contribution in [0.2, 0.25) is 0 Å². The van der Waals surface area contributed by atoms with Gasteiger partial charge >= 0.3 is 0 Å². The molecule has 88 valence electrons. The number of nitrogens with one attached hydrogen (secondary N) is 2. The molecule has 0 spiro atoms. The van der Waals surface area contributed by atoms with Gasteiger partial charge in [0.1, 0.15) is 11.6 Å². The number of carbonyl (C=O) groups excluding carboxylic acids is 1. The number of amides is 1. The van der Waals surface area contributed by atoms with E-state index in [9.17, 15) is 4.79 Å². The summed E-state index contributed by atoms with van der Waals surface area (Å²) >= 11 is 0. The van der Waals surface area contributed by atoms with E-state index in [1.807, 2.05) is 0 Å². The number of hydrogen-bond acceptors (Lipinski definition) is 6. The minimum Gasteiger partial charge on any atom is -0.373 e. The second kappa shape index (κ2) is 5.15. The molecule has 0 saturated heterocycles. The summed E-state index contributed by atoms with van der Waals surface area (Å²) in [5.74, 6) is 1.29. The molecule has 0 aliphatic heterocycles. The van der Waals surface area contributed by atoms with Crippen molar-refractivity contribution in [1.29, 1.82) is 0 Å². The zero-order valence-electron chi connectivity index (χ0n) is 9.61. The summed E-state index contributed by atoms with van der Waals surface area (Å²) in [4.78, 5) is 20.9. The number of aromatic nitrogens is 2. The largest absolute Gasteiger partial charge is 0.373 e. The van der Waals surface area contributed by atoms with Crippen molar-refractivity contribution >= 4 is 23.5 Å². The lowest BCUT2D eigenvalue weighted by atomic mass is 10.4. The lowest BCUT2D eigenvalue weighted by Crippen LogP contribution is -2.33. The van der Waals surface area contributed by atoms with Gasteiger partial charge in [0, 0.05) is 27.2 Å². The maximum atomic E-state index is 11.2. The minimum absolute atomic E-state index is 0.0920. The van der Waals surface area contributed by atoms with Crippen molar-refractivity contribution in [2.45, 2.75) is 0 Å². The first-order chi connectivity index (χ1) is 7.56. The number of rotatable bonds is 4. The summed E-state index contributed by atoms with van der Waals surface area (Å²) in [7, 11) is 5.09. The van der Waals surface area contributed by atoms with Gasteiger partial charge in [0.05, 0.1) is 6.54 Å². The van der Waals surface area contributed by atoms with Crippen molar-refractivity contribution in [1.82, 2.24) is 15.3 Å². The number of nitrogens with two attached hydrogens (primary N) is 1. The van der Waals surface area contributed by atoms with E-state index in [2.05, 4.69) is 20.6 Å². The first-order valence-electron chi connectivity index (χ1n) is 4.81. The van der Waals surface area contributed by atoms with E-state index in [-0.39, 0.29) is 18.4 Å². The topological polar surface area (TPSA) is 96.2 Å². The van der Waals surface area contributed by atoms with Gasteiger partial charge in [0.15, 0.2) is 0 Å². The van der Waals surface area contributed by atoms with Crippen LogP contribution in [0.3, 0.4) is 0 Å². The summed E-state index contributed by atoms with van der Waals surface area (Å²) < 4.78 is 0. The fraction of sp³-hybridized carbons (Fsp3) is 0.444. The second-order valence-corrected chi connectivity index (χ2v) is 3.25. The van der Waals surface area contributed by atoms with Crippen LogP contribution in [0.15, 0.2) is 6.07 Å². The zero-order chi connectivity index (χ0) is 12.1. The third kappa shape index (κ3) is 2.97. The summed E-state index contributed by atoms with van der Waals surface area (Å²) in [5.41, 5.74) is 5.55. The Morgan fingerprint density at radius 1 is 1.50 bits per heavy atom. The Kier molecular flexibility index (Phi) is 3.87. The third-order valence-corrected chi connectivity index (χ3v) is 2.04. The highest BCUT2D eigenvalue weighted by atomic mass is 16.1. The maximum Gasteiger partial charge on any atom is 0.239 e.